The molecule has 1 radical (unpaired) electrons. The standard InChI is InChI=1S/C29H32N4O4.C24H37N7O7.C3H8.Y/c34-22-33-26-8-9-28(37-17-14-32-12-1-2-13-32)25(19-26)21-36-16-4-3-15-35-20-23-6-5-7-24(18-23)27-10-11-30-29(33)31-27;1-29(2)11-12-30(3)24(36)38-15-16-6-8-17(9-7-16)27-21(33)14-26-22(34)19-5-4-10-31(19)23(35)18(28-37)13-20(25)32;1-3-2;/h3-11,18-19,22H,1-2,12-17,20-21H2;6-9,18-19,28,37H,4-5,10-15H2,1-3H3,(H2,25,32)(H,26,34)(H,27,33);3H2,1-2H3;/b4-3+;;;. The summed E-state index contributed by atoms with van der Waals surface area (Å²) in [6.07, 6.45) is 10.2. The van der Waals surface area contributed by atoms with Crippen molar-refractivity contribution < 1.29 is 85.6 Å². The number of likely N-dealkylation sites (tertiary alicyclic amines) is 2. The monoisotopic (exact) mass is 1170 g/mol. The number of likely N-dealkylation sites (N-methyl/N-ethyl adjacent to an activating group) is 2. The largest absolute Gasteiger partial charge is 0.492 e. The van der Waals surface area contributed by atoms with Gasteiger partial charge in [0.25, 0.3) is 0 Å². The molecule has 2 fully saturated rings. The van der Waals surface area contributed by atoms with Crippen LogP contribution < -0.4 is 31.5 Å². The summed E-state index contributed by atoms with van der Waals surface area (Å²) in [7, 11) is 5.50. The van der Waals surface area contributed by atoms with Crippen LogP contribution in [0.4, 0.5) is 22.1 Å². The van der Waals surface area contributed by atoms with E-state index in [2.05, 4.69) is 34.4 Å². The first-order valence-electron chi connectivity index (χ1n) is 26.4. The Morgan fingerprint density at radius 3 is 2.32 bits per heavy atom. The summed E-state index contributed by atoms with van der Waals surface area (Å²) in [6, 6.07) is 20.2. The van der Waals surface area contributed by atoms with Crippen LogP contribution in [0.15, 0.2) is 91.1 Å². The minimum absolute atomic E-state index is 0. The number of amides is 6. The van der Waals surface area contributed by atoms with Crippen LogP contribution >= 0.6 is 0 Å². The van der Waals surface area contributed by atoms with E-state index in [1.54, 1.807) is 43.0 Å². The minimum Gasteiger partial charge on any atom is -0.492 e. The van der Waals surface area contributed by atoms with E-state index in [1.165, 1.54) is 34.0 Å². The number of fused-ring (bicyclic) bond motifs is 7. The summed E-state index contributed by atoms with van der Waals surface area (Å²) in [5.41, 5.74) is 12.3. The number of ether oxygens (including phenoxy) is 4. The molecule has 2 saturated heterocycles. The van der Waals surface area contributed by atoms with Gasteiger partial charge >= 0.3 is 6.09 Å². The predicted octanol–water partition coefficient (Wildman–Crippen LogP) is 5.01. The Bertz CT molecular complexity index is 2590. The van der Waals surface area contributed by atoms with Crippen LogP contribution in [0.5, 0.6) is 5.75 Å². The summed E-state index contributed by atoms with van der Waals surface area (Å²) < 4.78 is 23.2. The van der Waals surface area contributed by atoms with Crippen LogP contribution in [0.1, 0.15) is 69.1 Å². The number of carbonyl (C=O) groups excluding carboxylic acids is 6. The number of hydrogen-bond donors (Lipinski definition) is 5. The molecule has 0 aliphatic carbocycles. The first-order valence-corrected chi connectivity index (χ1v) is 26.4. The number of benzene rings is 3. The first kappa shape index (κ1) is 65.3. The number of nitrogens with two attached hydrogens (primary N) is 1. The van der Waals surface area contributed by atoms with Gasteiger partial charge in [-0.1, -0.05) is 62.8 Å². The zero-order chi connectivity index (χ0) is 56.2. The van der Waals surface area contributed by atoms with Gasteiger partial charge in [0.1, 0.15) is 31.0 Å². The second-order valence-electron chi connectivity index (χ2n) is 19.1. The first-order chi connectivity index (χ1) is 37.7. The molecule has 6 bridgehead atoms. The molecule has 0 saturated carbocycles. The van der Waals surface area contributed by atoms with Crippen molar-refractivity contribution >= 4 is 53.5 Å². The number of nitrogens with zero attached hydrogens (tertiary/aromatic N) is 7. The maximum Gasteiger partial charge on any atom is 0.409 e. The molecule has 4 aromatic rings. The second-order valence-corrected chi connectivity index (χ2v) is 19.1. The molecular weight excluding hydrogens is 1090 g/mol. The molecule has 3 aromatic carbocycles. The number of carbonyl (C=O) groups is 6. The molecule has 22 nitrogen and oxygen atoms in total. The summed E-state index contributed by atoms with van der Waals surface area (Å²) in [5, 5.41) is 14.4. The number of anilines is 3. The third kappa shape index (κ3) is 22.1. The van der Waals surface area contributed by atoms with Crippen molar-refractivity contribution in [2.45, 2.75) is 84.3 Å². The smallest absolute Gasteiger partial charge is 0.409 e. The third-order valence-corrected chi connectivity index (χ3v) is 12.4. The number of aromatic nitrogens is 2. The zero-order valence-electron chi connectivity index (χ0n) is 46.1. The Morgan fingerprint density at radius 1 is 0.911 bits per heavy atom. The average Bonchev–Trinajstić information content (AvgIpc) is 4.16. The molecule has 2 unspecified atom stereocenters. The Labute approximate surface area is 488 Å². The number of hydrogen-bond acceptors (Lipinski definition) is 16. The van der Waals surface area contributed by atoms with E-state index in [4.69, 9.17) is 29.7 Å². The third-order valence-electron chi connectivity index (χ3n) is 12.4. The van der Waals surface area contributed by atoms with Gasteiger partial charge in [-0.25, -0.2) is 14.8 Å². The van der Waals surface area contributed by atoms with Gasteiger partial charge in [-0.2, -0.15) is 5.48 Å². The minimum atomic E-state index is -1.25. The topological polar surface area (TPSA) is 264 Å². The second kappa shape index (κ2) is 35.4. The summed E-state index contributed by atoms with van der Waals surface area (Å²) >= 11 is 0. The normalized spacial score (nSPS) is 16.0. The quantitative estimate of drug-likeness (QED) is 0.0498. The van der Waals surface area contributed by atoms with E-state index in [1.807, 2.05) is 79.7 Å². The maximum absolute atomic E-state index is 12.6. The van der Waals surface area contributed by atoms with Gasteiger partial charge in [-0.15, -0.1) is 0 Å². The molecule has 425 valence electrons. The average molecular weight is 1170 g/mol. The molecule has 7 rings (SSSR count). The molecule has 6 N–H and O–H groups in total. The molecule has 2 atom stereocenters. The van der Waals surface area contributed by atoms with Crippen molar-refractivity contribution in [1.29, 1.82) is 0 Å². The Kier molecular flexibility index (Phi) is 29.2. The van der Waals surface area contributed by atoms with Crippen molar-refractivity contribution in [2.75, 3.05) is 97.0 Å². The van der Waals surface area contributed by atoms with Crippen molar-refractivity contribution in [3.05, 3.63) is 108 Å². The fourth-order valence-corrected chi connectivity index (χ4v) is 8.31. The van der Waals surface area contributed by atoms with E-state index in [0.717, 1.165) is 66.3 Å². The van der Waals surface area contributed by atoms with Gasteiger partial charge in [0.15, 0.2) is 0 Å². The van der Waals surface area contributed by atoms with Gasteiger partial charge in [0, 0.05) is 88.9 Å². The molecule has 1 aromatic heterocycles. The van der Waals surface area contributed by atoms with Gasteiger partial charge < -0.3 is 55.2 Å². The van der Waals surface area contributed by atoms with Crippen LogP contribution in [0.25, 0.3) is 11.3 Å². The Hall–Kier alpha value is -6.24. The molecule has 3 aliphatic heterocycles. The molecule has 3 aliphatic rings. The van der Waals surface area contributed by atoms with E-state index in [0.29, 0.717) is 69.7 Å². The van der Waals surface area contributed by atoms with Crippen molar-refractivity contribution in [3.8, 4) is 17.0 Å². The zero-order valence-corrected chi connectivity index (χ0v) is 49.0. The summed E-state index contributed by atoms with van der Waals surface area (Å²) in [5.74, 6) is -1.35. The van der Waals surface area contributed by atoms with E-state index in [-0.39, 0.29) is 52.4 Å². The maximum atomic E-state index is 12.6. The SMILES string of the molecule is CCC.CN(C)CCN(C)C(=O)OCc1ccc(NC(=O)CNC(=O)C2CCCN2C(=O)C(CC(N)=O)NO)cc1.O=CN1c2ccc(OCCN3CCCC3)c(c2)COC/C=C/COCc2cccc(c2)-c2ccnc1n2.[Y]. The van der Waals surface area contributed by atoms with E-state index in [9.17, 15) is 34.0 Å². The molecule has 0 spiro atoms. The number of hydroxylamine groups is 1. The van der Waals surface area contributed by atoms with Gasteiger partial charge in [0.05, 0.1) is 50.8 Å². The van der Waals surface area contributed by atoms with Crippen LogP contribution in [0.2, 0.25) is 0 Å². The number of nitrogens with one attached hydrogen (secondary N) is 3. The van der Waals surface area contributed by atoms with Crippen LogP contribution in [0.3, 0.4) is 0 Å². The molecule has 4 heterocycles. The Morgan fingerprint density at radius 2 is 1.63 bits per heavy atom. The van der Waals surface area contributed by atoms with Crippen LogP contribution in [-0.2, 0) is 90.7 Å². The van der Waals surface area contributed by atoms with Crippen LogP contribution in [0, 0.1) is 0 Å². The molecule has 6 amide bonds. The van der Waals surface area contributed by atoms with E-state index < -0.39 is 48.2 Å². The Balaban J connectivity index is 0.000000320. The van der Waals surface area contributed by atoms with Gasteiger partial charge in [-0.05, 0) is 106 Å². The van der Waals surface area contributed by atoms with E-state index >= 15 is 0 Å². The van der Waals surface area contributed by atoms with Crippen molar-refractivity contribution in [1.82, 2.24) is 40.4 Å². The van der Waals surface area contributed by atoms with Gasteiger partial charge in [0.2, 0.25) is 36.0 Å². The number of primary amides is 1. The van der Waals surface area contributed by atoms with Crippen LogP contribution in [-0.4, -0.2) is 170 Å². The summed E-state index contributed by atoms with van der Waals surface area (Å²) in [6.45, 7) is 11.1. The fourth-order valence-electron chi connectivity index (χ4n) is 8.31. The molecule has 23 heteroatoms. The molecule has 79 heavy (non-hydrogen) atoms. The fraction of sp³-hybridized carbons (Fsp3) is 0.464. The summed E-state index contributed by atoms with van der Waals surface area (Å²) in [4.78, 5) is 90.6. The van der Waals surface area contributed by atoms with Crippen molar-refractivity contribution in [3.63, 3.8) is 0 Å². The predicted molar refractivity (Wildman–Crippen MR) is 294 cm³/mol. The van der Waals surface area contributed by atoms with Crippen molar-refractivity contribution in [2.24, 2.45) is 5.73 Å². The van der Waals surface area contributed by atoms with Gasteiger partial charge in [-0.3, -0.25) is 33.8 Å². The molecular formula is C56H77N11O11Y. The number of rotatable bonds is 18.